The molecule has 2 heterocycles. The van der Waals surface area contributed by atoms with E-state index in [1.165, 1.54) is 6.07 Å². The summed E-state index contributed by atoms with van der Waals surface area (Å²) >= 11 is 0. The molecule has 8 heteroatoms. The van der Waals surface area contributed by atoms with Crippen LogP contribution < -0.4 is 11.1 Å². The largest absolute Gasteiger partial charge is 0.345 e. The molecule has 3 rings (SSSR count). The maximum Gasteiger partial charge on any atom is 0.238 e. The molecule has 1 aliphatic rings. The van der Waals surface area contributed by atoms with Gasteiger partial charge in [-0.05, 0) is 44.7 Å². The number of imidazole rings is 1. The second-order valence-electron chi connectivity index (χ2n) is 7.44. The molecule has 3 atom stereocenters. The summed E-state index contributed by atoms with van der Waals surface area (Å²) < 4.78 is 13.8. The van der Waals surface area contributed by atoms with Crippen LogP contribution >= 0.6 is 0 Å². The van der Waals surface area contributed by atoms with Crippen molar-refractivity contribution in [3.05, 3.63) is 29.8 Å². The van der Waals surface area contributed by atoms with Crippen LogP contribution in [0.1, 0.15) is 57.8 Å². The van der Waals surface area contributed by atoms with Gasteiger partial charge in [0.2, 0.25) is 11.8 Å². The summed E-state index contributed by atoms with van der Waals surface area (Å²) in [5.41, 5.74) is 6.78. The van der Waals surface area contributed by atoms with Crippen molar-refractivity contribution in [2.24, 2.45) is 5.73 Å². The number of nitrogens with two attached hydrogens (primary N) is 1. The number of aromatic amines is 1. The molecule has 1 fully saturated rings. The number of hydrogen-bond donors (Lipinski definition) is 3. The van der Waals surface area contributed by atoms with E-state index < -0.39 is 23.8 Å². The Bertz CT molecular complexity index is 852. The van der Waals surface area contributed by atoms with Crippen LogP contribution in [-0.2, 0) is 9.59 Å². The highest BCUT2D eigenvalue weighted by Crippen LogP contribution is 2.21. The Kier molecular flexibility index (Phi) is 6.28. The first kappa shape index (κ1) is 20.3. The Labute approximate surface area is 163 Å². The lowest BCUT2D eigenvalue weighted by molar-refractivity contribution is -0.137. The van der Waals surface area contributed by atoms with Gasteiger partial charge in [-0.3, -0.25) is 9.59 Å². The molecule has 0 bridgehead atoms. The van der Waals surface area contributed by atoms with E-state index in [1.807, 2.05) is 4.90 Å². The van der Waals surface area contributed by atoms with Gasteiger partial charge in [-0.2, -0.15) is 0 Å². The number of piperidine rings is 1. The van der Waals surface area contributed by atoms with E-state index in [9.17, 15) is 14.0 Å². The van der Waals surface area contributed by atoms with E-state index in [1.54, 1.807) is 19.1 Å². The third kappa shape index (κ3) is 4.32. The van der Waals surface area contributed by atoms with Crippen LogP contribution in [0.5, 0.6) is 0 Å². The number of amides is 2. The second kappa shape index (κ2) is 8.68. The molecular formula is C20H28FN5O2. The molecule has 2 amide bonds. The van der Waals surface area contributed by atoms with Gasteiger partial charge in [0, 0.05) is 12.6 Å². The van der Waals surface area contributed by atoms with Gasteiger partial charge in [-0.1, -0.05) is 13.0 Å². The van der Waals surface area contributed by atoms with Crippen LogP contribution in [0.25, 0.3) is 11.0 Å². The van der Waals surface area contributed by atoms with Crippen molar-refractivity contribution in [1.82, 2.24) is 20.2 Å². The maximum absolute atomic E-state index is 13.8. The molecule has 2 unspecified atom stereocenters. The number of para-hydroxylation sites is 1. The highest BCUT2D eigenvalue weighted by atomic mass is 19.1. The smallest absolute Gasteiger partial charge is 0.238 e. The van der Waals surface area contributed by atoms with Crippen molar-refractivity contribution in [2.45, 2.75) is 64.1 Å². The zero-order valence-corrected chi connectivity index (χ0v) is 16.4. The summed E-state index contributed by atoms with van der Waals surface area (Å²) in [6.45, 7) is 4.53. The highest BCUT2D eigenvalue weighted by Gasteiger charge is 2.28. The highest BCUT2D eigenvalue weighted by molar-refractivity contribution is 5.88. The van der Waals surface area contributed by atoms with Gasteiger partial charge in [-0.25, -0.2) is 9.37 Å². The summed E-state index contributed by atoms with van der Waals surface area (Å²) in [7, 11) is 0. The molecule has 1 saturated heterocycles. The number of hydrogen-bond acceptors (Lipinski definition) is 4. The van der Waals surface area contributed by atoms with Crippen molar-refractivity contribution >= 4 is 22.8 Å². The lowest BCUT2D eigenvalue weighted by Gasteiger charge is -2.35. The summed E-state index contributed by atoms with van der Waals surface area (Å²) in [4.78, 5) is 34.1. The molecule has 0 saturated carbocycles. The number of rotatable bonds is 6. The van der Waals surface area contributed by atoms with Gasteiger partial charge in [0.25, 0.3) is 0 Å². The molecule has 1 aromatic heterocycles. The van der Waals surface area contributed by atoms with Crippen LogP contribution in [-0.4, -0.2) is 45.3 Å². The van der Waals surface area contributed by atoms with Crippen molar-refractivity contribution in [1.29, 1.82) is 0 Å². The maximum atomic E-state index is 13.8. The van der Waals surface area contributed by atoms with Crippen LogP contribution in [0, 0.1) is 5.82 Å². The average molecular weight is 389 g/mol. The molecule has 4 N–H and O–H groups in total. The predicted molar refractivity (Wildman–Crippen MR) is 105 cm³/mol. The molecule has 0 spiro atoms. The van der Waals surface area contributed by atoms with Crippen LogP contribution in [0.2, 0.25) is 0 Å². The Morgan fingerprint density at radius 3 is 2.93 bits per heavy atom. The average Bonchev–Trinajstić information content (AvgIpc) is 3.13. The number of benzene rings is 1. The summed E-state index contributed by atoms with van der Waals surface area (Å²) in [6.07, 6.45) is 4.01. The van der Waals surface area contributed by atoms with Gasteiger partial charge < -0.3 is 20.9 Å². The second-order valence-corrected chi connectivity index (χ2v) is 7.44. The van der Waals surface area contributed by atoms with E-state index in [0.29, 0.717) is 11.3 Å². The zero-order valence-electron chi connectivity index (χ0n) is 16.4. The Morgan fingerprint density at radius 1 is 1.43 bits per heavy atom. The van der Waals surface area contributed by atoms with Crippen molar-refractivity contribution in [3.63, 3.8) is 0 Å². The van der Waals surface area contributed by atoms with E-state index in [4.69, 9.17) is 5.73 Å². The van der Waals surface area contributed by atoms with Gasteiger partial charge >= 0.3 is 0 Å². The number of nitrogens with one attached hydrogen (secondary N) is 2. The number of aromatic nitrogens is 2. The number of H-pyrrole nitrogens is 1. The topological polar surface area (TPSA) is 104 Å². The zero-order chi connectivity index (χ0) is 20.3. The molecule has 1 aliphatic heterocycles. The minimum Gasteiger partial charge on any atom is -0.345 e. The quantitative estimate of drug-likeness (QED) is 0.705. The SMILES string of the molecule is CC[C@H]1CCCCN1C(=O)CC(N)C(=O)NC(C)c1nc2c(F)cccc2[nH]1. The van der Waals surface area contributed by atoms with Crippen LogP contribution in [0.3, 0.4) is 0 Å². The first-order chi connectivity index (χ1) is 13.4. The number of fused-ring (bicyclic) bond motifs is 1. The fourth-order valence-corrected chi connectivity index (χ4v) is 3.76. The summed E-state index contributed by atoms with van der Waals surface area (Å²) in [6, 6.07) is 3.46. The first-order valence-corrected chi connectivity index (χ1v) is 9.90. The lowest BCUT2D eigenvalue weighted by Crippen LogP contribution is -2.48. The number of nitrogens with zero attached hydrogens (tertiary/aromatic N) is 2. The van der Waals surface area contributed by atoms with Gasteiger partial charge in [-0.15, -0.1) is 0 Å². The molecule has 0 aliphatic carbocycles. The molecule has 7 nitrogen and oxygen atoms in total. The fourth-order valence-electron chi connectivity index (χ4n) is 3.76. The standard InChI is InChI=1S/C20H28FN5O2/c1-3-13-7-4-5-10-26(13)17(27)11-15(22)20(28)23-12(2)19-24-16-9-6-8-14(21)18(16)25-19/h6,8-9,12-13,15H,3-5,7,10-11,22H2,1-2H3,(H,23,28)(H,24,25)/t12?,13-,15?/m0/s1. The number of carbonyl (C=O) groups is 2. The number of halogens is 1. The molecule has 2 aromatic rings. The van der Waals surface area contributed by atoms with Crippen LogP contribution in [0.15, 0.2) is 18.2 Å². The molecule has 28 heavy (non-hydrogen) atoms. The van der Waals surface area contributed by atoms with Crippen molar-refractivity contribution in [2.75, 3.05) is 6.54 Å². The monoisotopic (exact) mass is 389 g/mol. The van der Waals surface area contributed by atoms with E-state index in [2.05, 4.69) is 22.2 Å². The van der Waals surface area contributed by atoms with E-state index in [-0.39, 0.29) is 23.9 Å². The third-order valence-electron chi connectivity index (χ3n) is 5.40. The first-order valence-electron chi connectivity index (χ1n) is 9.90. The van der Waals surface area contributed by atoms with Gasteiger partial charge in [0.05, 0.1) is 24.0 Å². The summed E-state index contributed by atoms with van der Waals surface area (Å²) in [5, 5.41) is 2.76. The summed E-state index contributed by atoms with van der Waals surface area (Å²) in [5.74, 6) is -0.485. The van der Waals surface area contributed by atoms with Gasteiger partial charge in [0.15, 0.2) is 5.82 Å². The van der Waals surface area contributed by atoms with Crippen molar-refractivity contribution < 1.29 is 14.0 Å². The van der Waals surface area contributed by atoms with Crippen LogP contribution in [0.4, 0.5) is 4.39 Å². The van der Waals surface area contributed by atoms with E-state index >= 15 is 0 Å². The molecule has 1 aromatic carbocycles. The minimum atomic E-state index is -0.935. The Hall–Kier alpha value is -2.48. The minimum absolute atomic E-state index is 0.0240. The number of likely N-dealkylation sites (tertiary alicyclic amines) is 1. The predicted octanol–water partition coefficient (Wildman–Crippen LogP) is 2.39. The molecule has 152 valence electrons. The van der Waals surface area contributed by atoms with E-state index in [0.717, 1.165) is 32.2 Å². The fraction of sp³-hybridized carbons (Fsp3) is 0.550. The number of carbonyl (C=O) groups excluding carboxylic acids is 2. The lowest BCUT2D eigenvalue weighted by atomic mass is 9.99. The molecular weight excluding hydrogens is 361 g/mol. The third-order valence-corrected chi connectivity index (χ3v) is 5.40. The Morgan fingerprint density at radius 2 is 2.21 bits per heavy atom. The van der Waals surface area contributed by atoms with Crippen molar-refractivity contribution in [3.8, 4) is 0 Å². The molecule has 0 radical (unpaired) electrons. The van der Waals surface area contributed by atoms with Gasteiger partial charge in [0.1, 0.15) is 11.3 Å². The normalized spacial score (nSPS) is 19.4. The Balaban J connectivity index is 1.59.